The molecule has 0 aliphatic carbocycles. The van der Waals surface area contributed by atoms with Gasteiger partial charge in [-0.1, -0.05) is 6.07 Å². The lowest BCUT2D eigenvalue weighted by Gasteiger charge is -2.25. The van der Waals surface area contributed by atoms with Crippen molar-refractivity contribution < 1.29 is 4.79 Å². The highest BCUT2D eigenvalue weighted by atomic mass is 16.2. The number of amides is 1. The first-order valence-electron chi connectivity index (χ1n) is 9.94. The number of hydrogen-bond donors (Lipinski definition) is 1. The SMILES string of the molecule is Cc1cc(C)nc(Nc2cccc([C@@H]3CCCN3C(=O)c3ccc(=O)n(C)c3)n2)n1. The molecule has 30 heavy (non-hydrogen) atoms. The van der Waals surface area contributed by atoms with Gasteiger partial charge in [0.25, 0.3) is 5.91 Å². The van der Waals surface area contributed by atoms with Gasteiger partial charge in [0, 0.05) is 37.2 Å². The molecule has 1 aliphatic heterocycles. The van der Waals surface area contributed by atoms with E-state index < -0.39 is 0 Å². The summed E-state index contributed by atoms with van der Waals surface area (Å²) in [6.45, 7) is 4.50. The second kappa shape index (κ2) is 8.06. The van der Waals surface area contributed by atoms with Crippen LogP contribution < -0.4 is 10.9 Å². The van der Waals surface area contributed by atoms with Crippen LogP contribution in [0.15, 0.2) is 47.4 Å². The number of hydrogen-bond acceptors (Lipinski definition) is 6. The van der Waals surface area contributed by atoms with Gasteiger partial charge in [-0.3, -0.25) is 9.59 Å². The molecule has 1 N–H and O–H groups in total. The molecule has 0 saturated carbocycles. The van der Waals surface area contributed by atoms with E-state index in [0.29, 0.717) is 23.9 Å². The quantitative estimate of drug-likeness (QED) is 0.719. The molecule has 1 aliphatic rings. The second-order valence-corrected chi connectivity index (χ2v) is 7.57. The van der Waals surface area contributed by atoms with E-state index >= 15 is 0 Å². The molecule has 4 heterocycles. The molecule has 1 saturated heterocycles. The van der Waals surface area contributed by atoms with Gasteiger partial charge in [-0.25, -0.2) is 15.0 Å². The fourth-order valence-corrected chi connectivity index (χ4v) is 3.81. The molecule has 0 unspecified atom stereocenters. The number of nitrogens with one attached hydrogen (secondary N) is 1. The Hall–Kier alpha value is -3.55. The highest BCUT2D eigenvalue weighted by molar-refractivity contribution is 5.94. The van der Waals surface area contributed by atoms with E-state index in [4.69, 9.17) is 4.98 Å². The van der Waals surface area contributed by atoms with E-state index in [0.717, 1.165) is 29.9 Å². The van der Waals surface area contributed by atoms with Crippen LogP contribution in [0.2, 0.25) is 0 Å². The third kappa shape index (κ3) is 4.07. The van der Waals surface area contributed by atoms with E-state index in [1.807, 2.05) is 43.0 Å². The van der Waals surface area contributed by atoms with Crippen LogP contribution in [0.5, 0.6) is 0 Å². The van der Waals surface area contributed by atoms with Gasteiger partial charge in [-0.15, -0.1) is 0 Å². The van der Waals surface area contributed by atoms with E-state index in [1.165, 1.54) is 10.6 Å². The van der Waals surface area contributed by atoms with Crippen molar-refractivity contribution in [1.29, 1.82) is 0 Å². The Morgan fingerprint density at radius 2 is 1.87 bits per heavy atom. The van der Waals surface area contributed by atoms with E-state index in [2.05, 4.69) is 15.3 Å². The molecule has 154 valence electrons. The van der Waals surface area contributed by atoms with Gasteiger partial charge in [0.1, 0.15) is 5.82 Å². The standard InChI is InChI=1S/C22H24N6O2/c1-14-12-15(2)24-22(23-14)26-19-8-4-6-17(25-19)18-7-5-11-28(18)21(30)16-9-10-20(29)27(3)13-16/h4,6,8-10,12-13,18H,5,7,11H2,1-3H3,(H,23,24,25,26)/t18-/m0/s1. The van der Waals surface area contributed by atoms with Crippen LogP contribution in [0.25, 0.3) is 0 Å². The fraction of sp³-hybridized carbons (Fsp3) is 0.318. The number of pyridine rings is 2. The van der Waals surface area contributed by atoms with Crippen molar-refractivity contribution in [2.45, 2.75) is 32.7 Å². The van der Waals surface area contributed by atoms with Gasteiger partial charge in [-0.05, 0) is 51.0 Å². The highest BCUT2D eigenvalue weighted by Gasteiger charge is 2.31. The van der Waals surface area contributed by atoms with Crippen molar-refractivity contribution >= 4 is 17.7 Å². The minimum absolute atomic E-state index is 0.0918. The van der Waals surface area contributed by atoms with Gasteiger partial charge in [-0.2, -0.15) is 0 Å². The summed E-state index contributed by atoms with van der Waals surface area (Å²) >= 11 is 0. The van der Waals surface area contributed by atoms with Gasteiger partial charge >= 0.3 is 0 Å². The number of aryl methyl sites for hydroxylation is 3. The molecular formula is C22H24N6O2. The lowest BCUT2D eigenvalue weighted by atomic mass is 10.1. The molecule has 0 spiro atoms. The lowest BCUT2D eigenvalue weighted by Crippen LogP contribution is -2.32. The van der Waals surface area contributed by atoms with Gasteiger partial charge in [0.05, 0.1) is 17.3 Å². The molecule has 1 atom stereocenters. The Morgan fingerprint density at radius 3 is 2.60 bits per heavy atom. The van der Waals surface area contributed by atoms with Crippen molar-refractivity contribution in [1.82, 2.24) is 24.4 Å². The normalized spacial score (nSPS) is 16.0. The predicted molar refractivity (Wildman–Crippen MR) is 114 cm³/mol. The van der Waals surface area contributed by atoms with E-state index in [9.17, 15) is 9.59 Å². The minimum atomic E-state index is -0.140. The van der Waals surface area contributed by atoms with E-state index in [1.54, 1.807) is 19.3 Å². The largest absolute Gasteiger partial charge is 0.330 e. The first-order chi connectivity index (χ1) is 14.4. The summed E-state index contributed by atoms with van der Waals surface area (Å²) in [5.74, 6) is 1.05. The fourth-order valence-electron chi connectivity index (χ4n) is 3.81. The van der Waals surface area contributed by atoms with Crippen LogP contribution in [0.3, 0.4) is 0 Å². The molecule has 4 rings (SSSR count). The van der Waals surface area contributed by atoms with Crippen LogP contribution in [0.1, 0.15) is 46.3 Å². The number of rotatable bonds is 4. The van der Waals surface area contributed by atoms with Crippen LogP contribution >= 0.6 is 0 Å². The number of anilines is 2. The molecule has 0 bridgehead atoms. The van der Waals surface area contributed by atoms with E-state index in [-0.39, 0.29) is 17.5 Å². The molecule has 1 fully saturated rings. The Bertz CT molecular complexity index is 1140. The molecule has 8 heteroatoms. The zero-order valence-corrected chi connectivity index (χ0v) is 17.3. The summed E-state index contributed by atoms with van der Waals surface area (Å²) in [6, 6.07) is 10.5. The molecule has 1 amide bonds. The van der Waals surface area contributed by atoms with Crippen molar-refractivity contribution in [3.63, 3.8) is 0 Å². The summed E-state index contributed by atoms with van der Waals surface area (Å²) in [4.78, 5) is 40.1. The number of nitrogens with zero attached hydrogens (tertiary/aromatic N) is 5. The third-order valence-electron chi connectivity index (χ3n) is 5.18. The third-order valence-corrected chi connectivity index (χ3v) is 5.18. The van der Waals surface area contributed by atoms with Crippen LogP contribution in [0, 0.1) is 13.8 Å². The number of carbonyl (C=O) groups is 1. The minimum Gasteiger partial charge on any atom is -0.330 e. The Labute approximate surface area is 174 Å². The molecule has 0 radical (unpaired) electrons. The van der Waals surface area contributed by atoms with Gasteiger partial charge in [0.2, 0.25) is 11.5 Å². The Morgan fingerprint density at radius 1 is 1.10 bits per heavy atom. The molecule has 8 nitrogen and oxygen atoms in total. The molecule has 3 aromatic heterocycles. The van der Waals surface area contributed by atoms with Crippen LogP contribution in [-0.4, -0.2) is 36.9 Å². The van der Waals surface area contributed by atoms with Crippen molar-refractivity contribution in [2.75, 3.05) is 11.9 Å². The Kier molecular flexibility index (Phi) is 5.31. The van der Waals surface area contributed by atoms with Crippen molar-refractivity contribution in [2.24, 2.45) is 7.05 Å². The number of aromatic nitrogens is 4. The molecule has 0 aromatic carbocycles. The number of likely N-dealkylation sites (tertiary alicyclic amines) is 1. The maximum atomic E-state index is 13.1. The maximum Gasteiger partial charge on any atom is 0.255 e. The first kappa shape index (κ1) is 19.8. The van der Waals surface area contributed by atoms with Crippen molar-refractivity contribution in [3.8, 4) is 0 Å². The lowest BCUT2D eigenvalue weighted by molar-refractivity contribution is 0.0732. The maximum absolute atomic E-state index is 13.1. The molecule has 3 aromatic rings. The summed E-state index contributed by atoms with van der Waals surface area (Å²) in [6.07, 6.45) is 3.33. The summed E-state index contributed by atoms with van der Waals surface area (Å²) in [5, 5.41) is 3.16. The topological polar surface area (TPSA) is 93.0 Å². The van der Waals surface area contributed by atoms with Gasteiger partial charge in [0.15, 0.2) is 0 Å². The zero-order chi connectivity index (χ0) is 21.3. The zero-order valence-electron chi connectivity index (χ0n) is 17.3. The van der Waals surface area contributed by atoms with Crippen LogP contribution in [0.4, 0.5) is 11.8 Å². The summed E-state index contributed by atoms with van der Waals surface area (Å²) in [7, 11) is 1.65. The summed E-state index contributed by atoms with van der Waals surface area (Å²) in [5.41, 5.74) is 2.94. The van der Waals surface area contributed by atoms with Crippen LogP contribution in [-0.2, 0) is 7.05 Å². The molecular weight excluding hydrogens is 380 g/mol. The monoisotopic (exact) mass is 404 g/mol. The second-order valence-electron chi connectivity index (χ2n) is 7.57. The highest BCUT2D eigenvalue weighted by Crippen LogP contribution is 2.32. The predicted octanol–water partition coefficient (Wildman–Crippen LogP) is 2.91. The van der Waals surface area contributed by atoms with Crippen molar-refractivity contribution in [3.05, 3.63) is 75.6 Å². The first-order valence-corrected chi connectivity index (χ1v) is 9.94. The smallest absolute Gasteiger partial charge is 0.255 e. The average Bonchev–Trinajstić information content (AvgIpc) is 3.19. The summed E-state index contributed by atoms with van der Waals surface area (Å²) < 4.78 is 1.42. The number of carbonyl (C=O) groups excluding carboxylic acids is 1. The average molecular weight is 404 g/mol. The van der Waals surface area contributed by atoms with Gasteiger partial charge < -0.3 is 14.8 Å². The Balaban J connectivity index is 1.58.